The molecule has 0 spiro atoms. The molecule has 0 aliphatic carbocycles. The van der Waals surface area contributed by atoms with E-state index in [0.29, 0.717) is 0 Å². The summed E-state index contributed by atoms with van der Waals surface area (Å²) >= 11 is 0. The summed E-state index contributed by atoms with van der Waals surface area (Å²) in [5.74, 6) is 0. The second-order valence-electron chi connectivity index (χ2n) is 14.1. The predicted octanol–water partition coefficient (Wildman–Crippen LogP) is 14.5. The standard InChI is InChI=1S/C52H34N2/c1-3-15-35(16-4-1)39-19-7-11-23-45(39)53(46-24-12-8-20-40(46)36-17-5-2-6-18-36)49-33-29-37-28-32-44-50(34-30-38-27-31-43(49)51(37)52(38)44)54-47-25-13-9-21-41(47)42-22-10-14-26-48(42)54/h1-34H. The van der Waals surface area contributed by atoms with Gasteiger partial charge in [0.15, 0.2) is 0 Å². The Morgan fingerprint density at radius 1 is 0.296 bits per heavy atom. The molecule has 0 amide bonds. The highest BCUT2D eigenvalue weighted by molar-refractivity contribution is 6.27. The van der Waals surface area contributed by atoms with Crippen molar-refractivity contribution in [3.05, 3.63) is 206 Å². The molecule has 0 fully saturated rings. The van der Waals surface area contributed by atoms with E-state index in [9.17, 15) is 0 Å². The van der Waals surface area contributed by atoms with Crippen LogP contribution in [-0.2, 0) is 0 Å². The Morgan fingerprint density at radius 2 is 0.741 bits per heavy atom. The van der Waals surface area contributed by atoms with E-state index < -0.39 is 0 Å². The Morgan fingerprint density at radius 3 is 1.33 bits per heavy atom. The molecule has 11 rings (SSSR count). The molecule has 2 heteroatoms. The average Bonchev–Trinajstić information content (AvgIpc) is 3.58. The van der Waals surface area contributed by atoms with Gasteiger partial charge in [-0.1, -0.05) is 170 Å². The fourth-order valence-corrected chi connectivity index (χ4v) is 8.79. The molecule has 54 heavy (non-hydrogen) atoms. The van der Waals surface area contributed by atoms with E-state index in [1.165, 1.54) is 82.1 Å². The summed E-state index contributed by atoms with van der Waals surface area (Å²) in [6.07, 6.45) is 0. The largest absolute Gasteiger partial charge is 0.309 e. The van der Waals surface area contributed by atoms with Crippen molar-refractivity contribution in [2.75, 3.05) is 4.90 Å². The van der Waals surface area contributed by atoms with E-state index in [4.69, 9.17) is 0 Å². The van der Waals surface area contributed by atoms with Gasteiger partial charge >= 0.3 is 0 Å². The molecular formula is C52H34N2. The number of anilines is 3. The van der Waals surface area contributed by atoms with Crippen LogP contribution in [0.1, 0.15) is 0 Å². The molecule has 0 bridgehead atoms. The van der Waals surface area contributed by atoms with Crippen molar-refractivity contribution >= 4 is 71.2 Å². The summed E-state index contributed by atoms with van der Waals surface area (Å²) in [6, 6.07) is 75.2. The molecule has 0 unspecified atom stereocenters. The van der Waals surface area contributed by atoms with Crippen LogP contribution in [0.2, 0.25) is 0 Å². The second-order valence-corrected chi connectivity index (χ2v) is 14.1. The van der Waals surface area contributed by atoms with Crippen molar-refractivity contribution < 1.29 is 0 Å². The highest BCUT2D eigenvalue weighted by Crippen LogP contribution is 2.49. The number of aromatic nitrogens is 1. The maximum atomic E-state index is 2.49. The van der Waals surface area contributed by atoms with E-state index in [0.717, 1.165) is 17.1 Å². The number of para-hydroxylation sites is 4. The van der Waals surface area contributed by atoms with Crippen LogP contribution in [0.4, 0.5) is 17.1 Å². The molecule has 0 aliphatic heterocycles. The Bertz CT molecular complexity index is 3020. The summed E-state index contributed by atoms with van der Waals surface area (Å²) in [5.41, 5.74) is 11.8. The van der Waals surface area contributed by atoms with Gasteiger partial charge in [-0.25, -0.2) is 0 Å². The summed E-state index contributed by atoms with van der Waals surface area (Å²) < 4.78 is 2.45. The zero-order valence-electron chi connectivity index (χ0n) is 29.5. The summed E-state index contributed by atoms with van der Waals surface area (Å²) in [7, 11) is 0. The minimum atomic E-state index is 1.13. The number of hydrogen-bond donors (Lipinski definition) is 0. The van der Waals surface area contributed by atoms with Gasteiger partial charge in [-0.3, -0.25) is 0 Å². The van der Waals surface area contributed by atoms with Crippen LogP contribution in [-0.4, -0.2) is 4.57 Å². The molecule has 0 aliphatic rings. The van der Waals surface area contributed by atoms with Crippen LogP contribution in [0.5, 0.6) is 0 Å². The van der Waals surface area contributed by atoms with Crippen LogP contribution in [0.15, 0.2) is 206 Å². The number of fused-ring (bicyclic) bond motifs is 3. The Kier molecular flexibility index (Phi) is 6.90. The van der Waals surface area contributed by atoms with E-state index in [-0.39, 0.29) is 0 Å². The monoisotopic (exact) mass is 686 g/mol. The topological polar surface area (TPSA) is 8.17 Å². The van der Waals surface area contributed by atoms with E-state index in [1.807, 2.05) is 0 Å². The quantitative estimate of drug-likeness (QED) is 0.158. The van der Waals surface area contributed by atoms with Crippen LogP contribution in [0.25, 0.3) is 82.1 Å². The van der Waals surface area contributed by atoms with Crippen molar-refractivity contribution in [2.24, 2.45) is 0 Å². The van der Waals surface area contributed by atoms with E-state index >= 15 is 0 Å². The van der Waals surface area contributed by atoms with Gasteiger partial charge in [-0.05, 0) is 69.1 Å². The highest BCUT2D eigenvalue weighted by atomic mass is 15.1. The van der Waals surface area contributed by atoms with Crippen molar-refractivity contribution in [3.8, 4) is 27.9 Å². The maximum Gasteiger partial charge on any atom is 0.0541 e. The number of benzene rings is 10. The number of rotatable bonds is 6. The minimum absolute atomic E-state index is 1.13. The lowest BCUT2D eigenvalue weighted by atomic mass is 9.91. The molecule has 0 saturated heterocycles. The predicted molar refractivity (Wildman–Crippen MR) is 230 cm³/mol. The molecule has 1 heterocycles. The molecule has 0 N–H and O–H groups in total. The minimum Gasteiger partial charge on any atom is -0.309 e. The van der Waals surface area contributed by atoms with Gasteiger partial charge < -0.3 is 9.47 Å². The van der Waals surface area contributed by atoms with Gasteiger partial charge in [0.25, 0.3) is 0 Å². The van der Waals surface area contributed by atoms with Crippen LogP contribution >= 0.6 is 0 Å². The van der Waals surface area contributed by atoms with Gasteiger partial charge in [-0.2, -0.15) is 0 Å². The smallest absolute Gasteiger partial charge is 0.0541 e. The third-order valence-corrected chi connectivity index (χ3v) is 11.1. The molecule has 11 aromatic rings. The first kappa shape index (κ1) is 30.5. The first-order chi connectivity index (χ1) is 26.8. The normalized spacial score (nSPS) is 11.7. The first-order valence-corrected chi connectivity index (χ1v) is 18.6. The zero-order valence-corrected chi connectivity index (χ0v) is 29.5. The van der Waals surface area contributed by atoms with Gasteiger partial charge in [-0.15, -0.1) is 0 Å². The van der Waals surface area contributed by atoms with Gasteiger partial charge in [0.05, 0.1) is 33.8 Å². The second kappa shape index (κ2) is 12.2. The molecule has 0 saturated carbocycles. The van der Waals surface area contributed by atoms with Gasteiger partial charge in [0.2, 0.25) is 0 Å². The first-order valence-electron chi connectivity index (χ1n) is 18.6. The maximum absolute atomic E-state index is 2.49. The number of hydrogen-bond acceptors (Lipinski definition) is 1. The van der Waals surface area contributed by atoms with Crippen molar-refractivity contribution in [3.63, 3.8) is 0 Å². The van der Waals surface area contributed by atoms with Gasteiger partial charge in [0.1, 0.15) is 0 Å². The average molecular weight is 687 g/mol. The SMILES string of the molecule is c1ccc(-c2ccccc2N(c2ccccc2-c2ccccc2)c2ccc3ccc4c(-n5c6ccccc6c6ccccc65)ccc5ccc2c3c54)cc1. The third-order valence-electron chi connectivity index (χ3n) is 11.1. The fraction of sp³-hybridized carbons (Fsp3) is 0. The lowest BCUT2D eigenvalue weighted by Gasteiger charge is -2.31. The van der Waals surface area contributed by atoms with Crippen molar-refractivity contribution in [2.45, 2.75) is 0 Å². The van der Waals surface area contributed by atoms with Gasteiger partial charge in [0, 0.05) is 32.7 Å². The molecule has 10 aromatic carbocycles. The molecule has 1 aromatic heterocycles. The van der Waals surface area contributed by atoms with Crippen LogP contribution < -0.4 is 4.90 Å². The number of nitrogens with zero attached hydrogens (tertiary/aromatic N) is 2. The Balaban J connectivity index is 1.23. The summed E-state index contributed by atoms with van der Waals surface area (Å²) in [4.78, 5) is 2.49. The zero-order chi connectivity index (χ0) is 35.6. The summed E-state index contributed by atoms with van der Waals surface area (Å²) in [5, 5.41) is 10.1. The van der Waals surface area contributed by atoms with Crippen LogP contribution in [0, 0.1) is 0 Å². The summed E-state index contributed by atoms with van der Waals surface area (Å²) in [6.45, 7) is 0. The third kappa shape index (κ3) is 4.60. The Labute approximate surface area is 313 Å². The van der Waals surface area contributed by atoms with E-state index in [1.54, 1.807) is 0 Å². The lowest BCUT2D eigenvalue weighted by molar-refractivity contribution is 1.20. The highest BCUT2D eigenvalue weighted by Gasteiger charge is 2.24. The van der Waals surface area contributed by atoms with Crippen LogP contribution in [0.3, 0.4) is 0 Å². The fourth-order valence-electron chi connectivity index (χ4n) is 8.79. The molecule has 0 atom stereocenters. The molecule has 0 radical (unpaired) electrons. The van der Waals surface area contributed by atoms with E-state index in [2.05, 4.69) is 216 Å². The molecule has 2 nitrogen and oxygen atoms in total. The lowest BCUT2D eigenvalue weighted by Crippen LogP contribution is -2.13. The Hall–Kier alpha value is -7.16. The van der Waals surface area contributed by atoms with Crippen molar-refractivity contribution in [1.82, 2.24) is 4.57 Å². The molecule has 252 valence electrons. The molecular weight excluding hydrogens is 653 g/mol. The van der Waals surface area contributed by atoms with Crippen molar-refractivity contribution in [1.29, 1.82) is 0 Å².